The van der Waals surface area contributed by atoms with Crippen molar-refractivity contribution in [2.75, 3.05) is 13.2 Å². The maximum atomic E-state index is 8.46. The quantitative estimate of drug-likeness (QED) is 0.445. The van der Waals surface area contributed by atoms with Crippen molar-refractivity contribution in [2.45, 2.75) is 13.3 Å². The fourth-order valence-electron chi connectivity index (χ4n) is 0.334. The van der Waals surface area contributed by atoms with Crippen molar-refractivity contribution in [1.29, 1.82) is 0 Å². The van der Waals surface area contributed by atoms with Crippen LogP contribution in [0.25, 0.3) is 0 Å². The standard InChI is InChI=1S/C6H12O2/c1-3-4-8-5-6(2)7/h7H,2-5H2,1H3. The maximum absolute atomic E-state index is 8.46. The van der Waals surface area contributed by atoms with Crippen molar-refractivity contribution in [3.05, 3.63) is 12.3 Å². The lowest BCUT2D eigenvalue weighted by molar-refractivity contribution is 0.129. The van der Waals surface area contributed by atoms with Crippen molar-refractivity contribution in [2.24, 2.45) is 0 Å². The second kappa shape index (κ2) is 4.65. The van der Waals surface area contributed by atoms with Crippen molar-refractivity contribution in [3.63, 3.8) is 0 Å². The Balaban J connectivity index is 2.82. The lowest BCUT2D eigenvalue weighted by atomic mass is 10.5. The predicted octanol–water partition coefficient (Wildman–Crippen LogP) is 1.48. The van der Waals surface area contributed by atoms with Gasteiger partial charge in [0.15, 0.2) is 0 Å². The van der Waals surface area contributed by atoms with Gasteiger partial charge in [-0.25, -0.2) is 0 Å². The summed E-state index contributed by atoms with van der Waals surface area (Å²) < 4.78 is 4.89. The number of rotatable bonds is 4. The molecular formula is C6H12O2. The van der Waals surface area contributed by atoms with E-state index in [2.05, 4.69) is 6.58 Å². The lowest BCUT2D eigenvalue weighted by Gasteiger charge is -1.97. The number of aliphatic hydroxyl groups is 1. The normalized spacial score (nSPS) is 9.12. The number of ether oxygens (including phenoxy) is 1. The molecule has 0 bridgehead atoms. The van der Waals surface area contributed by atoms with Gasteiger partial charge in [0.2, 0.25) is 0 Å². The molecule has 2 nitrogen and oxygen atoms in total. The van der Waals surface area contributed by atoms with Crippen LogP contribution in [0, 0.1) is 0 Å². The molecule has 0 heterocycles. The Hall–Kier alpha value is -0.500. The second-order valence-electron chi connectivity index (χ2n) is 1.62. The molecule has 0 aliphatic heterocycles. The molecule has 2 heteroatoms. The number of hydrogen-bond donors (Lipinski definition) is 1. The van der Waals surface area contributed by atoms with E-state index in [4.69, 9.17) is 9.84 Å². The molecule has 0 rings (SSSR count). The van der Waals surface area contributed by atoms with Gasteiger partial charge in [-0.1, -0.05) is 13.5 Å². The highest BCUT2D eigenvalue weighted by molar-refractivity contribution is 4.77. The summed E-state index contributed by atoms with van der Waals surface area (Å²) in [4.78, 5) is 0. The van der Waals surface area contributed by atoms with Crippen LogP contribution < -0.4 is 0 Å². The molecule has 48 valence electrons. The van der Waals surface area contributed by atoms with E-state index in [-0.39, 0.29) is 12.4 Å². The molecular weight excluding hydrogens is 104 g/mol. The molecule has 0 aromatic heterocycles. The monoisotopic (exact) mass is 116 g/mol. The highest BCUT2D eigenvalue weighted by Gasteiger charge is 1.85. The highest BCUT2D eigenvalue weighted by atomic mass is 16.5. The number of hydrogen-bond acceptors (Lipinski definition) is 2. The molecule has 8 heavy (non-hydrogen) atoms. The van der Waals surface area contributed by atoms with E-state index in [1.165, 1.54) is 0 Å². The van der Waals surface area contributed by atoms with E-state index >= 15 is 0 Å². The Labute approximate surface area is 49.8 Å². The third-order valence-electron chi connectivity index (χ3n) is 0.617. The molecule has 0 saturated heterocycles. The van der Waals surface area contributed by atoms with Gasteiger partial charge in [-0.05, 0) is 6.42 Å². The Bertz CT molecular complexity index is 68.9. The minimum Gasteiger partial charge on any atom is -0.510 e. The van der Waals surface area contributed by atoms with Crippen LogP contribution in [0.1, 0.15) is 13.3 Å². The van der Waals surface area contributed by atoms with Gasteiger partial charge in [0.05, 0.1) is 0 Å². The fraction of sp³-hybridized carbons (Fsp3) is 0.667. The highest BCUT2D eigenvalue weighted by Crippen LogP contribution is 1.85. The Kier molecular flexibility index (Phi) is 4.36. The summed E-state index contributed by atoms with van der Waals surface area (Å²) in [5.41, 5.74) is 0. The van der Waals surface area contributed by atoms with Crippen molar-refractivity contribution in [3.8, 4) is 0 Å². The number of aliphatic hydroxyl groups excluding tert-OH is 1. The summed E-state index contributed by atoms with van der Waals surface area (Å²) in [7, 11) is 0. The van der Waals surface area contributed by atoms with Gasteiger partial charge in [0.1, 0.15) is 12.4 Å². The zero-order valence-electron chi connectivity index (χ0n) is 5.18. The molecule has 0 radical (unpaired) electrons. The summed E-state index contributed by atoms with van der Waals surface area (Å²) in [6.45, 7) is 6.24. The molecule has 0 spiro atoms. The first-order valence-corrected chi connectivity index (χ1v) is 2.72. The van der Waals surface area contributed by atoms with Crippen LogP contribution in [0.3, 0.4) is 0 Å². The lowest BCUT2D eigenvalue weighted by Crippen LogP contribution is -1.96. The summed E-state index contributed by atoms with van der Waals surface area (Å²) in [5, 5.41) is 8.46. The van der Waals surface area contributed by atoms with E-state index in [1.54, 1.807) is 0 Å². The fourth-order valence-corrected chi connectivity index (χ4v) is 0.334. The summed E-state index contributed by atoms with van der Waals surface area (Å²) in [5.74, 6) is 0.0958. The molecule has 0 aromatic carbocycles. The molecule has 0 atom stereocenters. The van der Waals surface area contributed by atoms with Gasteiger partial charge in [0, 0.05) is 6.61 Å². The SMILES string of the molecule is C=C(O)COCCC. The van der Waals surface area contributed by atoms with Crippen LogP contribution >= 0.6 is 0 Å². The minimum atomic E-state index is 0.0958. The van der Waals surface area contributed by atoms with E-state index < -0.39 is 0 Å². The van der Waals surface area contributed by atoms with E-state index in [9.17, 15) is 0 Å². The average molecular weight is 116 g/mol. The third-order valence-corrected chi connectivity index (χ3v) is 0.617. The zero-order valence-corrected chi connectivity index (χ0v) is 5.18. The first kappa shape index (κ1) is 7.50. The topological polar surface area (TPSA) is 29.5 Å². The third kappa shape index (κ3) is 5.50. The average Bonchev–Trinajstić information content (AvgIpc) is 1.66. The largest absolute Gasteiger partial charge is 0.510 e. The molecule has 0 aliphatic carbocycles. The van der Waals surface area contributed by atoms with Gasteiger partial charge in [-0.15, -0.1) is 0 Å². The van der Waals surface area contributed by atoms with E-state index in [0.717, 1.165) is 6.42 Å². The van der Waals surface area contributed by atoms with Crippen LogP contribution in [0.2, 0.25) is 0 Å². The van der Waals surface area contributed by atoms with Gasteiger partial charge >= 0.3 is 0 Å². The summed E-state index contributed by atoms with van der Waals surface area (Å²) in [6.07, 6.45) is 0.979. The van der Waals surface area contributed by atoms with Gasteiger partial charge in [-0.2, -0.15) is 0 Å². The smallest absolute Gasteiger partial charge is 0.111 e. The predicted molar refractivity (Wildman–Crippen MR) is 32.9 cm³/mol. The molecule has 0 saturated carbocycles. The first-order valence-electron chi connectivity index (χ1n) is 2.72. The van der Waals surface area contributed by atoms with Crippen LogP contribution in [0.15, 0.2) is 12.3 Å². The molecule has 0 fully saturated rings. The van der Waals surface area contributed by atoms with Gasteiger partial charge in [-0.3, -0.25) is 0 Å². The Morgan fingerprint density at radius 3 is 2.75 bits per heavy atom. The van der Waals surface area contributed by atoms with Crippen LogP contribution in [-0.4, -0.2) is 18.3 Å². The van der Waals surface area contributed by atoms with Gasteiger partial charge in [0.25, 0.3) is 0 Å². The maximum Gasteiger partial charge on any atom is 0.111 e. The van der Waals surface area contributed by atoms with E-state index in [1.807, 2.05) is 6.92 Å². The molecule has 0 aromatic rings. The first-order chi connectivity index (χ1) is 3.77. The Morgan fingerprint density at radius 2 is 2.38 bits per heavy atom. The van der Waals surface area contributed by atoms with Gasteiger partial charge < -0.3 is 9.84 Å². The van der Waals surface area contributed by atoms with Crippen LogP contribution in [0.4, 0.5) is 0 Å². The summed E-state index contributed by atoms with van der Waals surface area (Å²) in [6, 6.07) is 0. The second-order valence-corrected chi connectivity index (χ2v) is 1.62. The molecule has 0 aliphatic rings. The van der Waals surface area contributed by atoms with Crippen molar-refractivity contribution in [1.82, 2.24) is 0 Å². The van der Waals surface area contributed by atoms with Crippen molar-refractivity contribution < 1.29 is 9.84 Å². The van der Waals surface area contributed by atoms with Crippen molar-refractivity contribution >= 4 is 0 Å². The summed E-state index contributed by atoms with van der Waals surface area (Å²) >= 11 is 0. The molecule has 1 N–H and O–H groups in total. The minimum absolute atomic E-state index is 0.0958. The van der Waals surface area contributed by atoms with Crippen LogP contribution in [0.5, 0.6) is 0 Å². The molecule has 0 unspecified atom stereocenters. The zero-order chi connectivity index (χ0) is 6.41. The van der Waals surface area contributed by atoms with Crippen LogP contribution in [-0.2, 0) is 4.74 Å². The molecule has 0 amide bonds. The van der Waals surface area contributed by atoms with E-state index in [0.29, 0.717) is 6.61 Å². The Morgan fingerprint density at radius 1 is 1.75 bits per heavy atom.